The van der Waals surface area contributed by atoms with Crippen LogP contribution in [0.4, 0.5) is 0 Å². The average Bonchev–Trinajstić information content (AvgIpc) is 2.17. The summed E-state index contributed by atoms with van der Waals surface area (Å²) in [4.78, 5) is 13.0. The van der Waals surface area contributed by atoms with Gasteiger partial charge < -0.3 is 4.90 Å². The first-order valence-electron chi connectivity index (χ1n) is 4.57. The minimum absolute atomic E-state index is 0.0425. The first-order chi connectivity index (χ1) is 6.95. The van der Waals surface area contributed by atoms with Gasteiger partial charge in [0.2, 0.25) is 5.91 Å². The van der Waals surface area contributed by atoms with Crippen molar-refractivity contribution in [2.45, 2.75) is 6.42 Å². The van der Waals surface area contributed by atoms with E-state index >= 15 is 0 Å². The van der Waals surface area contributed by atoms with Crippen LogP contribution in [0.15, 0.2) is 0 Å². The largest absolute Gasteiger partial charge is 0.340 e. The lowest BCUT2D eigenvalue weighted by Crippen LogP contribution is -2.52. The number of rotatable bonds is 3. The normalized spacial score (nSPS) is 19.2. The van der Waals surface area contributed by atoms with Crippen molar-refractivity contribution in [2.75, 3.05) is 32.1 Å². The third-order valence-electron chi connectivity index (χ3n) is 2.26. The predicted octanol–water partition coefficient (Wildman–Crippen LogP) is -1.04. The van der Waals surface area contributed by atoms with Gasteiger partial charge in [-0.25, -0.2) is 5.14 Å². The second-order valence-electron chi connectivity index (χ2n) is 3.26. The van der Waals surface area contributed by atoms with Gasteiger partial charge in [0.05, 0.1) is 0 Å². The number of nitrogens with two attached hydrogens (primary N) is 1. The number of carbonyl (C=O) groups is 1. The number of alkyl halides is 1. The lowest BCUT2D eigenvalue weighted by Gasteiger charge is -2.32. The maximum Gasteiger partial charge on any atom is 0.277 e. The summed E-state index contributed by atoms with van der Waals surface area (Å²) >= 11 is 5.44. The molecule has 1 aliphatic rings. The van der Waals surface area contributed by atoms with E-state index in [1.807, 2.05) is 0 Å². The molecule has 0 aromatic carbocycles. The predicted molar refractivity (Wildman–Crippen MR) is 56.6 cm³/mol. The second-order valence-corrected chi connectivity index (χ2v) is 5.19. The van der Waals surface area contributed by atoms with Gasteiger partial charge in [0, 0.05) is 38.5 Å². The van der Waals surface area contributed by atoms with Crippen LogP contribution >= 0.6 is 11.6 Å². The van der Waals surface area contributed by atoms with Crippen LogP contribution in [0.1, 0.15) is 6.42 Å². The molecule has 0 bridgehead atoms. The van der Waals surface area contributed by atoms with E-state index in [0.717, 1.165) is 4.31 Å². The fourth-order valence-corrected chi connectivity index (χ4v) is 2.26. The molecule has 0 radical (unpaired) electrons. The Morgan fingerprint density at radius 2 is 1.80 bits per heavy atom. The molecule has 0 aliphatic carbocycles. The first kappa shape index (κ1) is 12.7. The summed E-state index contributed by atoms with van der Waals surface area (Å²) in [6.07, 6.45) is 0.289. The van der Waals surface area contributed by atoms with Gasteiger partial charge >= 0.3 is 0 Å². The zero-order valence-electron chi connectivity index (χ0n) is 8.23. The molecule has 0 saturated carbocycles. The molecule has 0 spiro atoms. The molecule has 1 fully saturated rings. The van der Waals surface area contributed by atoms with Gasteiger partial charge in [0.1, 0.15) is 0 Å². The van der Waals surface area contributed by atoms with E-state index in [2.05, 4.69) is 0 Å². The van der Waals surface area contributed by atoms with Crippen molar-refractivity contribution in [3.05, 3.63) is 0 Å². The Morgan fingerprint density at radius 1 is 1.27 bits per heavy atom. The van der Waals surface area contributed by atoms with E-state index in [4.69, 9.17) is 16.7 Å². The van der Waals surface area contributed by atoms with Crippen LogP contribution in [0, 0.1) is 0 Å². The van der Waals surface area contributed by atoms with E-state index in [1.165, 1.54) is 0 Å². The molecule has 1 aliphatic heterocycles. The SMILES string of the molecule is NS(=O)(=O)N1CCN(C(=O)CCCl)CC1. The van der Waals surface area contributed by atoms with Gasteiger partial charge in [-0.05, 0) is 0 Å². The fourth-order valence-electron chi connectivity index (χ4n) is 1.43. The summed E-state index contributed by atoms with van der Waals surface area (Å²) in [5, 5.41) is 4.96. The highest BCUT2D eigenvalue weighted by atomic mass is 35.5. The van der Waals surface area contributed by atoms with E-state index in [1.54, 1.807) is 4.90 Å². The highest BCUT2D eigenvalue weighted by Crippen LogP contribution is 2.06. The minimum Gasteiger partial charge on any atom is -0.340 e. The molecule has 1 saturated heterocycles. The van der Waals surface area contributed by atoms with Crippen LogP contribution in [0.3, 0.4) is 0 Å². The smallest absolute Gasteiger partial charge is 0.277 e. The summed E-state index contributed by atoms with van der Waals surface area (Å²) in [5.74, 6) is 0.243. The van der Waals surface area contributed by atoms with Crippen LogP contribution in [0.25, 0.3) is 0 Å². The van der Waals surface area contributed by atoms with Crippen LogP contribution < -0.4 is 5.14 Å². The summed E-state index contributed by atoms with van der Waals surface area (Å²) in [5.41, 5.74) is 0. The molecule has 0 aromatic rings. The Bertz CT molecular complexity index is 324. The number of piperazine rings is 1. The molecule has 0 aromatic heterocycles. The Balaban J connectivity index is 2.46. The Kier molecular flexibility index (Phi) is 4.32. The fraction of sp³-hybridized carbons (Fsp3) is 0.857. The van der Waals surface area contributed by atoms with E-state index in [-0.39, 0.29) is 31.3 Å². The first-order valence-corrected chi connectivity index (χ1v) is 6.60. The maximum atomic E-state index is 11.4. The zero-order valence-corrected chi connectivity index (χ0v) is 9.80. The highest BCUT2D eigenvalue weighted by Gasteiger charge is 2.25. The van der Waals surface area contributed by atoms with E-state index in [0.29, 0.717) is 13.1 Å². The number of carbonyl (C=O) groups excluding carboxylic acids is 1. The summed E-state index contributed by atoms with van der Waals surface area (Å²) in [6, 6.07) is 0. The van der Waals surface area contributed by atoms with E-state index in [9.17, 15) is 13.2 Å². The minimum atomic E-state index is -3.62. The number of amides is 1. The van der Waals surface area contributed by atoms with Gasteiger partial charge in [-0.15, -0.1) is 11.6 Å². The number of nitrogens with zero attached hydrogens (tertiary/aromatic N) is 2. The van der Waals surface area contributed by atoms with Crippen molar-refractivity contribution in [3.8, 4) is 0 Å². The van der Waals surface area contributed by atoms with Crippen LogP contribution in [0.2, 0.25) is 0 Å². The second kappa shape index (κ2) is 5.11. The summed E-state index contributed by atoms with van der Waals surface area (Å²) < 4.78 is 23.1. The van der Waals surface area contributed by atoms with Crippen molar-refractivity contribution < 1.29 is 13.2 Å². The maximum absolute atomic E-state index is 11.4. The molecule has 0 atom stereocenters. The molecular formula is C7H14ClN3O3S. The molecule has 8 heteroatoms. The van der Waals surface area contributed by atoms with Crippen molar-refractivity contribution in [1.29, 1.82) is 0 Å². The average molecular weight is 256 g/mol. The van der Waals surface area contributed by atoms with Gasteiger partial charge in [-0.2, -0.15) is 12.7 Å². The lowest BCUT2D eigenvalue weighted by molar-refractivity contribution is -0.131. The third-order valence-corrected chi connectivity index (χ3v) is 3.53. The highest BCUT2D eigenvalue weighted by molar-refractivity contribution is 7.86. The third kappa shape index (κ3) is 3.60. The van der Waals surface area contributed by atoms with Gasteiger partial charge in [-0.1, -0.05) is 0 Å². The van der Waals surface area contributed by atoms with Gasteiger partial charge in [-0.3, -0.25) is 4.79 Å². The van der Waals surface area contributed by atoms with Crippen molar-refractivity contribution in [2.24, 2.45) is 5.14 Å². The van der Waals surface area contributed by atoms with Crippen LogP contribution in [-0.4, -0.2) is 55.6 Å². The zero-order chi connectivity index (χ0) is 11.5. The van der Waals surface area contributed by atoms with Gasteiger partial charge in [0.15, 0.2) is 0 Å². The van der Waals surface area contributed by atoms with E-state index < -0.39 is 10.2 Å². The van der Waals surface area contributed by atoms with Crippen molar-refractivity contribution in [1.82, 2.24) is 9.21 Å². The quantitative estimate of drug-likeness (QED) is 0.654. The molecule has 1 rings (SSSR count). The monoisotopic (exact) mass is 255 g/mol. The summed E-state index contributed by atoms with van der Waals surface area (Å²) in [7, 11) is -3.62. The summed E-state index contributed by atoms with van der Waals surface area (Å²) in [6.45, 7) is 1.28. The lowest BCUT2D eigenvalue weighted by atomic mass is 10.3. The molecule has 15 heavy (non-hydrogen) atoms. The molecule has 1 heterocycles. The van der Waals surface area contributed by atoms with Crippen molar-refractivity contribution in [3.63, 3.8) is 0 Å². The van der Waals surface area contributed by atoms with Crippen molar-refractivity contribution >= 4 is 27.7 Å². The molecule has 0 unspecified atom stereocenters. The standard InChI is InChI=1S/C7H14ClN3O3S/c8-2-1-7(12)10-3-5-11(6-4-10)15(9,13)14/h1-6H2,(H2,9,13,14). The molecule has 1 amide bonds. The van der Waals surface area contributed by atoms with Crippen LogP contribution in [-0.2, 0) is 15.0 Å². The Hall–Kier alpha value is -0.370. The molecule has 2 N–H and O–H groups in total. The molecular weight excluding hydrogens is 242 g/mol. The number of hydrogen-bond donors (Lipinski definition) is 1. The Labute approximate surface area is 94.1 Å². The number of hydrogen-bond acceptors (Lipinski definition) is 3. The number of halogens is 1. The van der Waals surface area contributed by atoms with Gasteiger partial charge in [0.25, 0.3) is 10.2 Å². The Morgan fingerprint density at radius 3 is 2.20 bits per heavy atom. The van der Waals surface area contributed by atoms with Crippen LogP contribution in [0.5, 0.6) is 0 Å². The molecule has 6 nitrogen and oxygen atoms in total. The topological polar surface area (TPSA) is 83.7 Å². The molecule has 88 valence electrons.